The van der Waals surface area contributed by atoms with Gasteiger partial charge in [0.25, 0.3) is 0 Å². The number of ether oxygens (including phenoxy) is 1. The van der Waals surface area contributed by atoms with Crippen molar-refractivity contribution in [1.82, 2.24) is 5.32 Å². The Morgan fingerprint density at radius 1 is 1.50 bits per heavy atom. The van der Waals surface area contributed by atoms with Crippen LogP contribution in [-0.2, 0) is 4.74 Å². The molecule has 14 heavy (non-hydrogen) atoms. The van der Waals surface area contributed by atoms with E-state index in [1.165, 1.54) is 0 Å². The van der Waals surface area contributed by atoms with Gasteiger partial charge in [-0.3, -0.25) is 5.32 Å². The summed E-state index contributed by atoms with van der Waals surface area (Å²) in [5.74, 6) is 0.575. The zero-order valence-corrected chi connectivity index (χ0v) is 8.83. The number of alkyl carbamates (subject to hydrolysis) is 1. The molecular weight excluding hydrogens is 180 g/mol. The minimum absolute atomic E-state index is 0.456. The van der Waals surface area contributed by atoms with E-state index in [0.29, 0.717) is 5.82 Å². The predicted molar refractivity (Wildman–Crippen MR) is 55.2 cm³/mol. The van der Waals surface area contributed by atoms with Crippen LogP contribution in [0, 0.1) is 0 Å². The second-order valence-corrected chi connectivity index (χ2v) is 4.11. The molecule has 1 rings (SSSR count). The first kappa shape index (κ1) is 10.8. The van der Waals surface area contributed by atoms with E-state index in [1.54, 1.807) is 6.21 Å². The number of carbonyl (C=O) groups excluding carboxylic acids is 1. The first-order chi connectivity index (χ1) is 6.47. The molecule has 4 heteroatoms. The lowest BCUT2D eigenvalue weighted by Gasteiger charge is -2.20. The van der Waals surface area contributed by atoms with Crippen molar-refractivity contribution in [1.29, 1.82) is 0 Å². The third-order valence-corrected chi connectivity index (χ3v) is 1.49. The summed E-state index contributed by atoms with van der Waals surface area (Å²) in [4.78, 5) is 15.3. The van der Waals surface area contributed by atoms with Crippen LogP contribution in [0.5, 0.6) is 0 Å². The maximum absolute atomic E-state index is 11.3. The largest absolute Gasteiger partial charge is 0.444 e. The van der Waals surface area contributed by atoms with Gasteiger partial charge in [-0.05, 0) is 39.7 Å². The van der Waals surface area contributed by atoms with Crippen molar-refractivity contribution >= 4 is 12.3 Å². The monoisotopic (exact) mass is 196 g/mol. The van der Waals surface area contributed by atoms with E-state index >= 15 is 0 Å². The molecule has 0 bridgehead atoms. The summed E-state index contributed by atoms with van der Waals surface area (Å²) in [6, 6.07) is 0. The minimum atomic E-state index is -0.469. The SMILES string of the molecule is CC(C)(C)OC(=O)NC1=CCCC=N1. The highest BCUT2D eigenvalue weighted by atomic mass is 16.6. The Balaban J connectivity index is 2.41. The quantitative estimate of drug-likeness (QED) is 0.699. The lowest BCUT2D eigenvalue weighted by atomic mass is 10.2. The number of allylic oxidation sites excluding steroid dienone is 1. The Morgan fingerprint density at radius 2 is 2.21 bits per heavy atom. The van der Waals surface area contributed by atoms with E-state index in [2.05, 4.69) is 10.3 Å². The van der Waals surface area contributed by atoms with Crippen molar-refractivity contribution < 1.29 is 9.53 Å². The highest BCUT2D eigenvalue weighted by molar-refractivity contribution is 5.71. The van der Waals surface area contributed by atoms with Crippen LogP contribution in [0.3, 0.4) is 0 Å². The van der Waals surface area contributed by atoms with E-state index in [0.717, 1.165) is 12.8 Å². The first-order valence-corrected chi connectivity index (χ1v) is 4.70. The molecular formula is C10H16N2O2. The van der Waals surface area contributed by atoms with Crippen LogP contribution in [0.25, 0.3) is 0 Å². The Hall–Kier alpha value is -1.32. The van der Waals surface area contributed by atoms with E-state index < -0.39 is 11.7 Å². The minimum Gasteiger partial charge on any atom is -0.444 e. The van der Waals surface area contributed by atoms with Crippen LogP contribution in [-0.4, -0.2) is 17.9 Å². The van der Waals surface area contributed by atoms with Crippen molar-refractivity contribution in [2.24, 2.45) is 4.99 Å². The molecule has 0 unspecified atom stereocenters. The van der Waals surface area contributed by atoms with Gasteiger partial charge >= 0.3 is 6.09 Å². The summed E-state index contributed by atoms with van der Waals surface area (Å²) in [6.07, 6.45) is 5.05. The van der Waals surface area contributed by atoms with Crippen LogP contribution in [0.4, 0.5) is 4.79 Å². The van der Waals surface area contributed by atoms with E-state index in [4.69, 9.17) is 4.74 Å². The topological polar surface area (TPSA) is 50.7 Å². The first-order valence-electron chi connectivity index (χ1n) is 4.70. The second kappa shape index (κ2) is 4.26. The number of hydrogen-bond acceptors (Lipinski definition) is 3. The van der Waals surface area contributed by atoms with Crippen LogP contribution in [0.2, 0.25) is 0 Å². The fourth-order valence-electron chi connectivity index (χ4n) is 1.00. The number of hydrogen-bond donors (Lipinski definition) is 1. The van der Waals surface area contributed by atoms with Gasteiger partial charge in [0.05, 0.1) is 0 Å². The molecule has 78 valence electrons. The van der Waals surface area contributed by atoms with Gasteiger partial charge in [0.1, 0.15) is 11.4 Å². The molecule has 4 nitrogen and oxygen atoms in total. The highest BCUT2D eigenvalue weighted by Crippen LogP contribution is 2.08. The van der Waals surface area contributed by atoms with Crippen LogP contribution >= 0.6 is 0 Å². The lowest BCUT2D eigenvalue weighted by molar-refractivity contribution is 0.0545. The summed E-state index contributed by atoms with van der Waals surface area (Å²) in [6.45, 7) is 5.47. The lowest BCUT2D eigenvalue weighted by Crippen LogP contribution is -2.32. The van der Waals surface area contributed by atoms with Crippen molar-refractivity contribution in [3.05, 3.63) is 11.9 Å². The van der Waals surface area contributed by atoms with E-state index in [1.807, 2.05) is 26.8 Å². The molecule has 0 aromatic heterocycles. The van der Waals surface area contributed by atoms with E-state index in [-0.39, 0.29) is 0 Å². The number of carbonyl (C=O) groups is 1. The van der Waals surface area contributed by atoms with Crippen molar-refractivity contribution in [2.75, 3.05) is 0 Å². The van der Waals surface area contributed by atoms with Crippen molar-refractivity contribution in [3.63, 3.8) is 0 Å². The smallest absolute Gasteiger partial charge is 0.413 e. The van der Waals surface area contributed by atoms with Crippen LogP contribution in [0.15, 0.2) is 16.9 Å². The summed E-state index contributed by atoms with van der Waals surface area (Å²) < 4.78 is 5.08. The molecule has 1 N–H and O–H groups in total. The molecule has 0 aromatic carbocycles. The van der Waals surface area contributed by atoms with Gasteiger partial charge in [-0.1, -0.05) is 0 Å². The molecule has 0 aliphatic carbocycles. The Morgan fingerprint density at radius 3 is 2.71 bits per heavy atom. The summed E-state index contributed by atoms with van der Waals surface area (Å²) >= 11 is 0. The van der Waals surface area contributed by atoms with Crippen molar-refractivity contribution in [2.45, 2.75) is 39.2 Å². The number of nitrogens with one attached hydrogen (secondary N) is 1. The van der Waals surface area contributed by atoms with E-state index in [9.17, 15) is 4.79 Å². The average Bonchev–Trinajstić information content (AvgIpc) is 2.02. The number of nitrogens with zero attached hydrogens (tertiary/aromatic N) is 1. The summed E-state index contributed by atoms with van der Waals surface area (Å²) in [7, 11) is 0. The maximum atomic E-state index is 11.3. The average molecular weight is 196 g/mol. The Bertz CT molecular complexity index is 274. The molecule has 0 radical (unpaired) electrons. The zero-order chi connectivity index (χ0) is 10.6. The third-order valence-electron chi connectivity index (χ3n) is 1.49. The third kappa shape index (κ3) is 4.07. The number of rotatable bonds is 1. The van der Waals surface area contributed by atoms with Gasteiger partial charge in [-0.2, -0.15) is 0 Å². The fourth-order valence-corrected chi connectivity index (χ4v) is 1.00. The van der Waals surface area contributed by atoms with Gasteiger partial charge in [0, 0.05) is 6.21 Å². The van der Waals surface area contributed by atoms with Crippen LogP contribution in [0.1, 0.15) is 33.6 Å². The molecule has 0 atom stereocenters. The van der Waals surface area contributed by atoms with Gasteiger partial charge in [-0.25, -0.2) is 9.79 Å². The summed E-state index contributed by atoms with van der Waals surface area (Å²) in [5.41, 5.74) is -0.469. The Kier molecular flexibility index (Phi) is 3.28. The normalized spacial score (nSPS) is 16.1. The number of amides is 1. The molecule has 1 heterocycles. The molecule has 0 fully saturated rings. The Labute approximate surface area is 84.0 Å². The van der Waals surface area contributed by atoms with Crippen molar-refractivity contribution in [3.8, 4) is 0 Å². The molecule has 0 aromatic rings. The zero-order valence-electron chi connectivity index (χ0n) is 8.83. The standard InChI is InChI=1S/C10H16N2O2/c1-10(2,3)14-9(13)12-8-6-4-5-7-11-8/h6-7H,4-5H2,1-3H3,(H,12,13). The van der Waals surface area contributed by atoms with Gasteiger partial charge < -0.3 is 4.74 Å². The highest BCUT2D eigenvalue weighted by Gasteiger charge is 2.16. The van der Waals surface area contributed by atoms with Gasteiger partial charge in [0.2, 0.25) is 0 Å². The molecule has 0 saturated heterocycles. The molecule has 1 aliphatic rings. The molecule has 0 spiro atoms. The predicted octanol–water partition coefficient (Wildman–Crippen LogP) is 2.22. The molecule has 0 saturated carbocycles. The molecule has 1 amide bonds. The number of aliphatic imine (C=N–C) groups is 1. The van der Waals surface area contributed by atoms with Crippen LogP contribution < -0.4 is 5.32 Å². The van der Waals surface area contributed by atoms with Gasteiger partial charge in [-0.15, -0.1) is 0 Å². The summed E-state index contributed by atoms with van der Waals surface area (Å²) in [5, 5.41) is 2.58. The second-order valence-electron chi connectivity index (χ2n) is 4.11. The van der Waals surface area contributed by atoms with Gasteiger partial charge in [0.15, 0.2) is 0 Å². The fraction of sp³-hybridized carbons (Fsp3) is 0.600. The molecule has 1 aliphatic heterocycles. The maximum Gasteiger partial charge on any atom is 0.413 e.